The van der Waals surface area contributed by atoms with E-state index in [1.807, 2.05) is 18.7 Å². The van der Waals surface area contributed by atoms with E-state index >= 15 is 0 Å². The van der Waals surface area contributed by atoms with Gasteiger partial charge in [0.05, 0.1) is 17.1 Å². The van der Waals surface area contributed by atoms with Crippen molar-refractivity contribution in [2.75, 3.05) is 13.2 Å². The fraction of sp³-hybridized carbons (Fsp3) is 0.462. The van der Waals surface area contributed by atoms with Crippen molar-refractivity contribution in [1.29, 1.82) is 0 Å². The predicted molar refractivity (Wildman–Crippen MR) is 72.8 cm³/mol. The molecule has 2 atom stereocenters. The van der Waals surface area contributed by atoms with Crippen molar-refractivity contribution in [2.24, 2.45) is 5.92 Å². The van der Waals surface area contributed by atoms with E-state index < -0.39 is 0 Å². The molecule has 1 aliphatic rings. The number of thioether (sulfide) groups is 1. The number of aliphatic hydroxyl groups is 1. The number of hydrogen-bond acceptors (Lipinski definition) is 4. The molecule has 0 spiro atoms. The van der Waals surface area contributed by atoms with Crippen LogP contribution in [0, 0.1) is 12.5 Å². The van der Waals surface area contributed by atoms with E-state index in [0.717, 1.165) is 11.3 Å². The quantitative estimate of drug-likeness (QED) is 0.698. The summed E-state index contributed by atoms with van der Waals surface area (Å²) in [5.41, 5.74) is 0.159. The zero-order valence-corrected chi connectivity index (χ0v) is 19.0. The van der Waals surface area contributed by atoms with Crippen LogP contribution >= 0.6 is 23.4 Å². The van der Waals surface area contributed by atoms with Crippen molar-refractivity contribution in [3.8, 4) is 5.75 Å². The molecule has 0 amide bonds. The molecular formula is C13H16ClCsO3S. The van der Waals surface area contributed by atoms with E-state index in [4.69, 9.17) is 26.2 Å². The largest absolute Gasteiger partial charge is 1.00 e. The molecule has 3 nitrogen and oxygen atoms in total. The molecule has 0 bridgehead atoms. The van der Waals surface area contributed by atoms with Gasteiger partial charge in [-0.05, 0) is 24.6 Å². The van der Waals surface area contributed by atoms with Gasteiger partial charge >= 0.3 is 68.9 Å². The van der Waals surface area contributed by atoms with Crippen LogP contribution in [-0.4, -0.2) is 23.8 Å². The van der Waals surface area contributed by atoms with Crippen LogP contribution in [-0.2, 0) is 4.74 Å². The summed E-state index contributed by atoms with van der Waals surface area (Å²) < 4.78 is 10.9. The van der Waals surface area contributed by atoms with Crippen molar-refractivity contribution in [3.63, 3.8) is 0 Å². The maximum Gasteiger partial charge on any atom is 1.00 e. The predicted octanol–water partition coefficient (Wildman–Crippen LogP) is 0.351. The van der Waals surface area contributed by atoms with Crippen molar-refractivity contribution < 1.29 is 83.5 Å². The smallest absolute Gasteiger partial charge is 0.542 e. The fourth-order valence-corrected chi connectivity index (χ4v) is 3.00. The molecule has 0 radical (unpaired) electrons. The van der Waals surface area contributed by atoms with E-state index in [1.54, 1.807) is 17.8 Å². The average molecular weight is 421 g/mol. The summed E-state index contributed by atoms with van der Waals surface area (Å²) in [6, 6.07) is 5.64. The van der Waals surface area contributed by atoms with Crippen LogP contribution in [0.1, 0.15) is 13.3 Å². The molecule has 19 heavy (non-hydrogen) atoms. The Labute approximate surface area is 182 Å². The Balaban J connectivity index is 0.00000180. The van der Waals surface area contributed by atoms with Gasteiger partial charge in [-0.25, -0.2) is 6.61 Å². The first-order valence-corrected chi connectivity index (χ1v) is 7.13. The molecule has 0 aromatic heterocycles. The summed E-state index contributed by atoms with van der Waals surface area (Å²) in [6.07, 6.45) is 1.01. The maximum absolute atomic E-state index is 8.75. The number of hydrogen-bond donors (Lipinski definition) is 1. The topological polar surface area (TPSA) is 38.7 Å². The van der Waals surface area contributed by atoms with Crippen LogP contribution in [0.3, 0.4) is 0 Å². The summed E-state index contributed by atoms with van der Waals surface area (Å²) in [6.45, 7) is 4.25. The monoisotopic (exact) mass is 420 g/mol. The minimum absolute atomic E-state index is 0. The molecule has 1 N–H and O–H groups in total. The summed E-state index contributed by atoms with van der Waals surface area (Å²) >= 11 is 7.68. The Kier molecular flexibility index (Phi) is 9.45. The Morgan fingerprint density at radius 1 is 1.58 bits per heavy atom. The second-order valence-corrected chi connectivity index (χ2v) is 5.84. The first-order valence-electron chi connectivity index (χ1n) is 5.87. The molecule has 1 aliphatic heterocycles. The van der Waals surface area contributed by atoms with Gasteiger partial charge in [0.25, 0.3) is 0 Å². The zero-order chi connectivity index (χ0) is 13.0. The second kappa shape index (κ2) is 9.61. The molecule has 1 saturated heterocycles. The SMILES string of the molecule is C[C@H]1[CH-]OC(Sc2ccc(Cl)c(OCCO)c2)C1.[Cs+]. The summed E-state index contributed by atoms with van der Waals surface area (Å²) in [5, 5.41) is 9.30. The van der Waals surface area contributed by atoms with Crippen LogP contribution in [0.25, 0.3) is 0 Å². The van der Waals surface area contributed by atoms with Crippen molar-refractivity contribution in [3.05, 3.63) is 29.8 Å². The van der Waals surface area contributed by atoms with Crippen molar-refractivity contribution in [1.82, 2.24) is 0 Å². The minimum atomic E-state index is -0.0219. The molecule has 1 aromatic carbocycles. The van der Waals surface area contributed by atoms with Gasteiger partial charge in [-0.3, -0.25) is 0 Å². The third kappa shape index (κ3) is 6.10. The van der Waals surface area contributed by atoms with Gasteiger partial charge in [-0.1, -0.05) is 30.3 Å². The van der Waals surface area contributed by atoms with E-state index in [9.17, 15) is 0 Å². The molecule has 100 valence electrons. The Bertz CT molecular complexity index is 405. The first-order chi connectivity index (χ1) is 8.69. The summed E-state index contributed by atoms with van der Waals surface area (Å²) in [7, 11) is 0. The number of aliphatic hydroxyl groups excluding tert-OH is 1. The number of halogens is 1. The van der Waals surface area contributed by atoms with E-state index in [0.29, 0.717) is 16.7 Å². The zero-order valence-electron chi connectivity index (χ0n) is 11.1. The maximum atomic E-state index is 8.75. The van der Waals surface area contributed by atoms with Crippen molar-refractivity contribution >= 4 is 23.4 Å². The Hall–Kier alpha value is 1.63. The standard InChI is InChI=1S/C13H16ClO3S.Cs/c1-9-6-13(17-8-9)18-10-2-3-11(14)12(7-10)16-5-4-15;/h2-3,7-9,13,15H,4-6H2,1H3;/q-1;+1/t9-,13?;/m1./s1. The summed E-state index contributed by atoms with van der Waals surface area (Å²) in [5.74, 6) is 1.10. The first kappa shape index (κ1) is 18.7. The molecule has 1 unspecified atom stereocenters. The van der Waals surface area contributed by atoms with E-state index in [-0.39, 0.29) is 87.5 Å². The van der Waals surface area contributed by atoms with Crippen LogP contribution in [0.5, 0.6) is 5.75 Å². The Morgan fingerprint density at radius 2 is 2.37 bits per heavy atom. The Morgan fingerprint density at radius 3 is 3.00 bits per heavy atom. The van der Waals surface area contributed by atoms with Gasteiger partial charge in [0.15, 0.2) is 0 Å². The van der Waals surface area contributed by atoms with Gasteiger partial charge in [-0.2, -0.15) is 0 Å². The molecule has 6 heteroatoms. The van der Waals surface area contributed by atoms with Gasteiger partial charge in [0.1, 0.15) is 12.4 Å². The number of rotatable bonds is 5. The molecular weight excluding hydrogens is 405 g/mol. The molecule has 2 rings (SSSR count). The van der Waals surface area contributed by atoms with Crippen LogP contribution in [0.2, 0.25) is 5.02 Å². The molecule has 0 saturated carbocycles. The van der Waals surface area contributed by atoms with E-state index in [2.05, 4.69) is 6.92 Å². The van der Waals surface area contributed by atoms with E-state index in [1.165, 1.54) is 0 Å². The molecule has 0 aliphatic carbocycles. The van der Waals surface area contributed by atoms with Gasteiger partial charge in [0, 0.05) is 4.90 Å². The third-order valence-corrected chi connectivity index (χ3v) is 3.95. The fourth-order valence-electron chi connectivity index (χ4n) is 1.69. The second-order valence-electron chi connectivity index (χ2n) is 4.20. The third-order valence-electron chi connectivity index (χ3n) is 2.55. The van der Waals surface area contributed by atoms with Gasteiger partial charge < -0.3 is 14.6 Å². The summed E-state index contributed by atoms with van der Waals surface area (Å²) in [4.78, 5) is 1.06. The number of benzene rings is 1. The van der Waals surface area contributed by atoms with Crippen LogP contribution in [0.4, 0.5) is 0 Å². The van der Waals surface area contributed by atoms with Crippen molar-refractivity contribution in [2.45, 2.75) is 23.7 Å². The van der Waals surface area contributed by atoms with Crippen LogP contribution in [0.15, 0.2) is 23.1 Å². The molecule has 1 fully saturated rings. The van der Waals surface area contributed by atoms with Gasteiger partial charge in [0.2, 0.25) is 0 Å². The number of ether oxygens (including phenoxy) is 2. The van der Waals surface area contributed by atoms with Gasteiger partial charge in [-0.15, -0.1) is 5.92 Å². The molecule has 1 heterocycles. The normalized spacial score (nSPS) is 22.1. The van der Waals surface area contributed by atoms with Crippen LogP contribution < -0.4 is 73.6 Å². The molecule has 1 aromatic rings. The average Bonchev–Trinajstić information content (AvgIpc) is 2.75. The minimum Gasteiger partial charge on any atom is -0.542 e.